The van der Waals surface area contributed by atoms with Crippen LogP contribution in [0, 0.1) is 0 Å². The average Bonchev–Trinajstić information content (AvgIpc) is 1.97. The number of nitrogens with two attached hydrogens (primary N) is 1. The summed E-state index contributed by atoms with van der Waals surface area (Å²) in [7, 11) is 1.60. The molecule has 0 aliphatic carbocycles. The lowest BCUT2D eigenvalue weighted by atomic mass is 10.2. The van der Waals surface area contributed by atoms with E-state index in [1.54, 1.807) is 7.11 Å². The van der Waals surface area contributed by atoms with Gasteiger partial charge in [0.25, 0.3) is 0 Å². The number of carboxylic acid groups (broad SMARTS) is 1. The molecule has 0 unspecified atom stereocenters. The predicted octanol–water partition coefficient (Wildman–Crippen LogP) is 0.126. The molecule has 3 N–H and O–H groups in total. The fourth-order valence-corrected chi connectivity index (χ4v) is 1.18. The van der Waals surface area contributed by atoms with Crippen LogP contribution in [0.4, 0.5) is 0 Å². The zero-order valence-electron chi connectivity index (χ0n) is 6.45. The molecular formula is C6H13NO3S. The van der Waals surface area contributed by atoms with E-state index in [1.165, 1.54) is 11.8 Å². The topological polar surface area (TPSA) is 72.5 Å². The molecule has 0 saturated heterocycles. The maximum atomic E-state index is 10.2. The van der Waals surface area contributed by atoms with Crippen molar-refractivity contribution in [2.24, 2.45) is 5.73 Å². The van der Waals surface area contributed by atoms with Gasteiger partial charge < -0.3 is 15.6 Å². The Morgan fingerprint density at radius 2 is 2.45 bits per heavy atom. The van der Waals surface area contributed by atoms with Gasteiger partial charge in [0, 0.05) is 7.11 Å². The van der Waals surface area contributed by atoms with Crippen LogP contribution in [0.5, 0.6) is 0 Å². The standard InChI is InChI=1S/C6H13NO3S/c1-10-4-11-3-2-5(7)6(8)9/h5H,2-4,7H2,1H3,(H,8,9)/t5-/m0/s1. The van der Waals surface area contributed by atoms with Gasteiger partial charge in [0.2, 0.25) is 0 Å². The molecule has 0 aliphatic rings. The summed E-state index contributed by atoms with van der Waals surface area (Å²) in [5.41, 5.74) is 5.25. The predicted molar refractivity (Wildman–Crippen MR) is 44.6 cm³/mol. The van der Waals surface area contributed by atoms with E-state index >= 15 is 0 Å². The van der Waals surface area contributed by atoms with Crippen LogP contribution in [0.15, 0.2) is 0 Å². The highest BCUT2D eigenvalue weighted by Crippen LogP contribution is 2.03. The first-order valence-electron chi connectivity index (χ1n) is 3.23. The molecule has 0 aromatic rings. The molecule has 11 heavy (non-hydrogen) atoms. The number of thioether (sulfide) groups is 1. The Bertz CT molecular complexity index is 120. The van der Waals surface area contributed by atoms with E-state index in [-0.39, 0.29) is 0 Å². The van der Waals surface area contributed by atoms with Gasteiger partial charge in [-0.1, -0.05) is 0 Å². The van der Waals surface area contributed by atoms with Crippen molar-refractivity contribution < 1.29 is 14.6 Å². The first-order chi connectivity index (χ1) is 5.18. The number of carboxylic acids is 1. The number of carbonyl (C=O) groups is 1. The number of hydrogen-bond donors (Lipinski definition) is 2. The van der Waals surface area contributed by atoms with Crippen molar-refractivity contribution in [3.05, 3.63) is 0 Å². The lowest BCUT2D eigenvalue weighted by Gasteiger charge is -2.04. The third-order valence-corrected chi connectivity index (χ3v) is 2.02. The van der Waals surface area contributed by atoms with E-state index in [2.05, 4.69) is 0 Å². The van der Waals surface area contributed by atoms with E-state index in [1.807, 2.05) is 0 Å². The molecule has 0 radical (unpaired) electrons. The molecule has 0 saturated carbocycles. The molecule has 0 rings (SSSR count). The zero-order chi connectivity index (χ0) is 8.69. The molecule has 0 amide bonds. The van der Waals surface area contributed by atoms with Gasteiger partial charge in [0.05, 0.1) is 5.94 Å². The van der Waals surface area contributed by atoms with Crippen LogP contribution in [0.2, 0.25) is 0 Å². The maximum Gasteiger partial charge on any atom is 0.320 e. The van der Waals surface area contributed by atoms with Gasteiger partial charge in [0.15, 0.2) is 0 Å². The Balaban J connectivity index is 3.17. The van der Waals surface area contributed by atoms with Gasteiger partial charge in [0.1, 0.15) is 6.04 Å². The number of rotatable bonds is 6. The molecule has 0 spiro atoms. The second kappa shape index (κ2) is 6.45. The number of hydrogen-bond acceptors (Lipinski definition) is 4. The molecular weight excluding hydrogens is 166 g/mol. The second-order valence-electron chi connectivity index (χ2n) is 2.05. The first-order valence-corrected chi connectivity index (χ1v) is 4.39. The molecule has 0 aromatic heterocycles. The normalized spacial score (nSPS) is 12.9. The maximum absolute atomic E-state index is 10.2. The molecule has 5 heteroatoms. The van der Waals surface area contributed by atoms with Crippen molar-refractivity contribution in [3.63, 3.8) is 0 Å². The fourth-order valence-electron chi connectivity index (χ4n) is 0.476. The zero-order valence-corrected chi connectivity index (χ0v) is 7.26. The van der Waals surface area contributed by atoms with E-state index in [4.69, 9.17) is 15.6 Å². The number of methoxy groups -OCH3 is 1. The minimum Gasteiger partial charge on any atom is -0.480 e. The van der Waals surface area contributed by atoms with Crippen LogP contribution in [0.1, 0.15) is 6.42 Å². The number of ether oxygens (including phenoxy) is 1. The van der Waals surface area contributed by atoms with Crippen LogP contribution in [0.25, 0.3) is 0 Å². The van der Waals surface area contributed by atoms with Gasteiger partial charge in [-0.05, 0) is 12.2 Å². The minimum absolute atomic E-state index is 0.489. The summed E-state index contributed by atoms with van der Waals surface area (Å²) < 4.78 is 4.76. The largest absolute Gasteiger partial charge is 0.480 e. The summed E-state index contributed by atoms with van der Waals surface area (Å²) in [5.74, 6) is 0.371. The van der Waals surface area contributed by atoms with Crippen molar-refractivity contribution in [1.29, 1.82) is 0 Å². The molecule has 0 bridgehead atoms. The summed E-state index contributed by atoms with van der Waals surface area (Å²) in [6.07, 6.45) is 0.489. The molecule has 0 fully saturated rings. The van der Waals surface area contributed by atoms with Gasteiger partial charge in [-0.15, -0.1) is 11.8 Å². The van der Waals surface area contributed by atoms with Crippen LogP contribution >= 0.6 is 11.8 Å². The summed E-state index contributed by atoms with van der Waals surface area (Å²) in [5, 5.41) is 8.37. The van der Waals surface area contributed by atoms with Crippen molar-refractivity contribution >= 4 is 17.7 Å². The molecule has 0 aliphatic heterocycles. The highest BCUT2D eigenvalue weighted by molar-refractivity contribution is 7.99. The molecule has 0 heterocycles. The van der Waals surface area contributed by atoms with Crippen LogP contribution in [-0.2, 0) is 9.53 Å². The highest BCUT2D eigenvalue weighted by Gasteiger charge is 2.09. The monoisotopic (exact) mass is 179 g/mol. The van der Waals surface area contributed by atoms with Gasteiger partial charge in [-0.2, -0.15) is 0 Å². The van der Waals surface area contributed by atoms with E-state index in [0.717, 1.165) is 5.75 Å². The van der Waals surface area contributed by atoms with Crippen LogP contribution < -0.4 is 5.73 Å². The molecule has 66 valence electrons. The quantitative estimate of drug-likeness (QED) is 0.448. The lowest BCUT2D eigenvalue weighted by molar-refractivity contribution is -0.138. The number of aliphatic carboxylic acids is 1. The fraction of sp³-hybridized carbons (Fsp3) is 0.833. The third kappa shape index (κ3) is 6.15. The third-order valence-electron chi connectivity index (χ3n) is 1.09. The second-order valence-corrected chi connectivity index (χ2v) is 3.10. The van der Waals surface area contributed by atoms with E-state index < -0.39 is 12.0 Å². The van der Waals surface area contributed by atoms with Gasteiger partial charge >= 0.3 is 5.97 Å². The summed E-state index contributed by atoms with van der Waals surface area (Å²) in [4.78, 5) is 10.2. The highest BCUT2D eigenvalue weighted by atomic mass is 32.2. The molecule has 1 atom stereocenters. The average molecular weight is 179 g/mol. The first kappa shape index (κ1) is 10.7. The Hall–Kier alpha value is -0.260. The van der Waals surface area contributed by atoms with E-state index in [9.17, 15) is 4.79 Å². The smallest absolute Gasteiger partial charge is 0.320 e. The molecule has 0 aromatic carbocycles. The SMILES string of the molecule is COCSCC[C@H](N)C(=O)O. The van der Waals surface area contributed by atoms with Crippen molar-refractivity contribution in [3.8, 4) is 0 Å². The van der Waals surface area contributed by atoms with Crippen LogP contribution in [-0.4, -0.2) is 35.9 Å². The van der Waals surface area contributed by atoms with Gasteiger partial charge in [-0.3, -0.25) is 4.79 Å². The molecule has 4 nitrogen and oxygen atoms in total. The minimum atomic E-state index is -0.942. The summed E-state index contributed by atoms with van der Waals surface area (Å²) in [6.45, 7) is 0. The van der Waals surface area contributed by atoms with Crippen LogP contribution in [0.3, 0.4) is 0 Å². The Kier molecular flexibility index (Phi) is 6.30. The van der Waals surface area contributed by atoms with E-state index in [0.29, 0.717) is 12.4 Å². The summed E-state index contributed by atoms with van der Waals surface area (Å²) >= 11 is 1.53. The Labute approximate surface area is 70.1 Å². The van der Waals surface area contributed by atoms with Crippen molar-refractivity contribution in [1.82, 2.24) is 0 Å². The van der Waals surface area contributed by atoms with Crippen molar-refractivity contribution in [2.45, 2.75) is 12.5 Å². The van der Waals surface area contributed by atoms with Gasteiger partial charge in [-0.25, -0.2) is 0 Å². The lowest BCUT2D eigenvalue weighted by Crippen LogP contribution is -2.30. The van der Waals surface area contributed by atoms with Crippen molar-refractivity contribution in [2.75, 3.05) is 18.8 Å². The Morgan fingerprint density at radius 1 is 1.82 bits per heavy atom. The summed E-state index contributed by atoms with van der Waals surface area (Å²) in [6, 6.07) is -0.737. The Morgan fingerprint density at radius 3 is 2.91 bits per heavy atom.